The smallest absolute Gasteiger partial charge is 0.185 e. The summed E-state index contributed by atoms with van der Waals surface area (Å²) in [5.74, 6) is 0.724. The van der Waals surface area contributed by atoms with Crippen molar-refractivity contribution in [3.05, 3.63) is 65.7 Å². The summed E-state index contributed by atoms with van der Waals surface area (Å²) in [4.78, 5) is 11.9. The Labute approximate surface area is 112 Å². The van der Waals surface area contributed by atoms with Gasteiger partial charge in [-0.1, -0.05) is 30.3 Å². The maximum Gasteiger partial charge on any atom is 0.185 e. The molecule has 3 heteroatoms. The van der Waals surface area contributed by atoms with Crippen molar-refractivity contribution in [1.82, 2.24) is 0 Å². The largest absolute Gasteiger partial charge is 0.497 e. The van der Waals surface area contributed by atoms with Crippen LogP contribution < -0.4 is 10.5 Å². The Hall–Kier alpha value is -2.55. The molecule has 19 heavy (non-hydrogen) atoms. The van der Waals surface area contributed by atoms with Gasteiger partial charge >= 0.3 is 0 Å². The molecule has 0 aliphatic heterocycles. The van der Waals surface area contributed by atoms with Gasteiger partial charge in [-0.15, -0.1) is 0 Å². The number of methoxy groups -OCH3 is 1. The summed E-state index contributed by atoms with van der Waals surface area (Å²) >= 11 is 0. The van der Waals surface area contributed by atoms with Crippen LogP contribution in [0.2, 0.25) is 0 Å². The number of carbonyl (C=O) groups excluding carboxylic acids is 1. The number of ketones is 1. The second-order valence-electron chi connectivity index (χ2n) is 4.10. The Morgan fingerprint density at radius 1 is 1.16 bits per heavy atom. The Morgan fingerprint density at radius 3 is 2.53 bits per heavy atom. The van der Waals surface area contributed by atoms with E-state index in [1.54, 1.807) is 37.5 Å². The molecule has 0 unspecified atom stereocenters. The highest BCUT2D eigenvalue weighted by Gasteiger charge is 2.01. The molecule has 2 rings (SSSR count). The minimum Gasteiger partial charge on any atom is -0.497 e. The van der Waals surface area contributed by atoms with E-state index in [1.807, 2.05) is 24.3 Å². The van der Waals surface area contributed by atoms with E-state index >= 15 is 0 Å². The molecule has 0 amide bonds. The lowest BCUT2D eigenvalue weighted by Crippen LogP contribution is -1.95. The average molecular weight is 253 g/mol. The van der Waals surface area contributed by atoms with Gasteiger partial charge in [0, 0.05) is 11.3 Å². The van der Waals surface area contributed by atoms with Crippen LogP contribution in [0.5, 0.6) is 5.75 Å². The monoisotopic (exact) mass is 253 g/mol. The normalized spacial score (nSPS) is 10.6. The van der Waals surface area contributed by atoms with Gasteiger partial charge in [-0.3, -0.25) is 4.79 Å². The van der Waals surface area contributed by atoms with E-state index in [-0.39, 0.29) is 5.78 Å². The summed E-state index contributed by atoms with van der Waals surface area (Å²) in [5.41, 5.74) is 7.76. The Kier molecular flexibility index (Phi) is 3.98. The number of benzene rings is 2. The van der Waals surface area contributed by atoms with E-state index in [4.69, 9.17) is 10.5 Å². The molecule has 0 heterocycles. The van der Waals surface area contributed by atoms with Gasteiger partial charge in [-0.2, -0.15) is 0 Å². The molecule has 0 atom stereocenters. The van der Waals surface area contributed by atoms with Crippen molar-refractivity contribution in [3.8, 4) is 5.75 Å². The maximum atomic E-state index is 11.9. The molecule has 0 aromatic heterocycles. The van der Waals surface area contributed by atoms with Gasteiger partial charge in [0.05, 0.1) is 7.11 Å². The molecule has 2 aromatic rings. The van der Waals surface area contributed by atoms with Crippen LogP contribution in [-0.2, 0) is 0 Å². The van der Waals surface area contributed by atoms with Crippen molar-refractivity contribution >= 4 is 17.5 Å². The average Bonchev–Trinajstić information content (AvgIpc) is 2.45. The van der Waals surface area contributed by atoms with Crippen LogP contribution in [0.4, 0.5) is 5.69 Å². The van der Waals surface area contributed by atoms with Gasteiger partial charge in [0.1, 0.15) is 5.75 Å². The van der Waals surface area contributed by atoms with Gasteiger partial charge in [0.25, 0.3) is 0 Å². The van der Waals surface area contributed by atoms with E-state index in [1.165, 1.54) is 6.08 Å². The van der Waals surface area contributed by atoms with Crippen LogP contribution in [0, 0.1) is 0 Å². The first-order valence-corrected chi connectivity index (χ1v) is 5.91. The number of allylic oxidation sites excluding steroid dienone is 1. The van der Waals surface area contributed by atoms with Crippen LogP contribution in [0.15, 0.2) is 54.6 Å². The second-order valence-corrected chi connectivity index (χ2v) is 4.10. The summed E-state index contributed by atoms with van der Waals surface area (Å²) in [5, 5.41) is 0. The number of hydrogen-bond donors (Lipinski definition) is 1. The summed E-state index contributed by atoms with van der Waals surface area (Å²) in [6.07, 6.45) is 3.31. The molecule has 0 aliphatic rings. The van der Waals surface area contributed by atoms with E-state index in [0.29, 0.717) is 11.3 Å². The van der Waals surface area contributed by atoms with Crippen molar-refractivity contribution in [2.45, 2.75) is 0 Å². The molecule has 0 fully saturated rings. The molecular weight excluding hydrogens is 238 g/mol. The fraction of sp³-hybridized carbons (Fsp3) is 0.0625. The number of nitrogens with two attached hydrogens (primary N) is 1. The molecule has 2 aromatic carbocycles. The maximum absolute atomic E-state index is 11.9. The number of carbonyl (C=O) groups is 1. The summed E-state index contributed by atoms with van der Waals surface area (Å²) < 4.78 is 5.07. The third-order valence-electron chi connectivity index (χ3n) is 2.71. The minimum atomic E-state index is -0.0666. The van der Waals surface area contributed by atoms with Crippen molar-refractivity contribution in [1.29, 1.82) is 0 Å². The standard InChI is InChI=1S/C16H15NO2/c1-19-15-8-5-12(6-9-15)7-10-16(18)13-3-2-4-14(17)11-13/h2-11H,17H2,1H3. The first-order valence-electron chi connectivity index (χ1n) is 5.91. The SMILES string of the molecule is COc1ccc(C=CC(=O)c2cccc(N)c2)cc1. The topological polar surface area (TPSA) is 52.3 Å². The zero-order valence-corrected chi connectivity index (χ0v) is 10.7. The number of nitrogen functional groups attached to an aromatic ring is 1. The molecule has 0 saturated carbocycles. The van der Waals surface area contributed by atoms with Crippen molar-refractivity contribution in [3.63, 3.8) is 0 Å². The number of anilines is 1. The highest BCUT2D eigenvalue weighted by atomic mass is 16.5. The lowest BCUT2D eigenvalue weighted by atomic mass is 10.1. The lowest BCUT2D eigenvalue weighted by Gasteiger charge is -1.99. The van der Waals surface area contributed by atoms with Gasteiger partial charge in [-0.05, 0) is 35.9 Å². The van der Waals surface area contributed by atoms with E-state index in [9.17, 15) is 4.79 Å². The second kappa shape index (κ2) is 5.87. The molecule has 0 spiro atoms. The molecule has 96 valence electrons. The highest BCUT2D eigenvalue weighted by molar-refractivity contribution is 6.07. The van der Waals surface area contributed by atoms with Gasteiger partial charge in [0.2, 0.25) is 0 Å². The molecule has 2 N–H and O–H groups in total. The fourth-order valence-electron chi connectivity index (χ4n) is 1.68. The number of rotatable bonds is 4. The van der Waals surface area contributed by atoms with E-state index in [0.717, 1.165) is 11.3 Å². The first kappa shape index (κ1) is 12.9. The van der Waals surface area contributed by atoms with Crippen LogP contribution in [0.1, 0.15) is 15.9 Å². The molecule has 0 aliphatic carbocycles. The highest BCUT2D eigenvalue weighted by Crippen LogP contribution is 2.13. The predicted molar refractivity (Wildman–Crippen MR) is 77.2 cm³/mol. The fourth-order valence-corrected chi connectivity index (χ4v) is 1.68. The Bertz CT molecular complexity index is 600. The Balaban J connectivity index is 2.11. The van der Waals surface area contributed by atoms with E-state index in [2.05, 4.69) is 0 Å². The molecular formula is C16H15NO2. The first-order chi connectivity index (χ1) is 9.19. The molecule has 0 saturated heterocycles. The summed E-state index contributed by atoms with van der Waals surface area (Å²) in [7, 11) is 1.62. The number of ether oxygens (including phenoxy) is 1. The van der Waals surface area contributed by atoms with Crippen LogP contribution >= 0.6 is 0 Å². The zero-order valence-electron chi connectivity index (χ0n) is 10.7. The lowest BCUT2D eigenvalue weighted by molar-refractivity contribution is 0.104. The molecule has 3 nitrogen and oxygen atoms in total. The van der Waals surface area contributed by atoms with Crippen molar-refractivity contribution in [2.24, 2.45) is 0 Å². The van der Waals surface area contributed by atoms with Crippen LogP contribution in [-0.4, -0.2) is 12.9 Å². The molecule has 0 bridgehead atoms. The summed E-state index contributed by atoms with van der Waals surface area (Å²) in [6.45, 7) is 0. The van der Waals surface area contributed by atoms with Gasteiger partial charge < -0.3 is 10.5 Å². The summed E-state index contributed by atoms with van der Waals surface area (Å²) in [6, 6.07) is 14.4. The quantitative estimate of drug-likeness (QED) is 0.517. The Morgan fingerprint density at radius 2 is 1.89 bits per heavy atom. The van der Waals surface area contributed by atoms with Gasteiger partial charge in [-0.25, -0.2) is 0 Å². The van der Waals surface area contributed by atoms with Gasteiger partial charge in [0.15, 0.2) is 5.78 Å². The zero-order chi connectivity index (χ0) is 13.7. The van der Waals surface area contributed by atoms with Crippen LogP contribution in [0.25, 0.3) is 6.08 Å². The molecule has 0 radical (unpaired) electrons. The third kappa shape index (κ3) is 3.45. The number of hydrogen-bond acceptors (Lipinski definition) is 3. The third-order valence-corrected chi connectivity index (χ3v) is 2.71. The van der Waals surface area contributed by atoms with Crippen molar-refractivity contribution < 1.29 is 9.53 Å². The van der Waals surface area contributed by atoms with E-state index < -0.39 is 0 Å². The predicted octanol–water partition coefficient (Wildman–Crippen LogP) is 3.17. The van der Waals surface area contributed by atoms with Crippen LogP contribution in [0.3, 0.4) is 0 Å². The minimum absolute atomic E-state index is 0.0666. The van der Waals surface area contributed by atoms with Crippen molar-refractivity contribution in [2.75, 3.05) is 12.8 Å².